The van der Waals surface area contributed by atoms with Crippen molar-refractivity contribution in [2.24, 2.45) is 0 Å². The second-order valence-electron chi connectivity index (χ2n) is 3.57. The van der Waals surface area contributed by atoms with Gasteiger partial charge in [0.15, 0.2) is 13.3 Å². The lowest BCUT2D eigenvalue weighted by Crippen LogP contribution is -2.52. The Morgan fingerprint density at radius 2 is 0.864 bits per heavy atom. The van der Waals surface area contributed by atoms with Gasteiger partial charge >= 0.3 is 35.6 Å². The first-order chi connectivity index (χ1) is 9.67. The van der Waals surface area contributed by atoms with E-state index in [1.807, 2.05) is 0 Å². The van der Waals surface area contributed by atoms with Crippen LogP contribution < -0.4 is 0 Å². The topological polar surface area (TPSA) is 52.6 Å². The van der Waals surface area contributed by atoms with E-state index in [1.54, 1.807) is 0 Å². The summed E-state index contributed by atoms with van der Waals surface area (Å²) < 4.78 is 123. The van der Waals surface area contributed by atoms with E-state index in [0.717, 1.165) is 0 Å². The molecule has 0 aromatic rings. The Bertz CT molecular complexity index is 395. The number of halogens is 10. The SMILES string of the molecule is O=C(OOC(=O)C(F)(F)C(F)(F)CF)C(F)(F)C(F)(F)CF. The Hall–Kier alpha value is -1.76. The number of rotatable bonds is 6. The third-order valence-electron chi connectivity index (χ3n) is 1.96. The average Bonchev–Trinajstić information content (AvgIpc) is 2.43. The van der Waals surface area contributed by atoms with E-state index < -0.39 is 49.0 Å². The van der Waals surface area contributed by atoms with Crippen molar-refractivity contribution in [2.75, 3.05) is 13.3 Å². The van der Waals surface area contributed by atoms with Crippen LogP contribution in [0.5, 0.6) is 0 Å². The molecule has 0 rings (SSSR count). The fraction of sp³-hybridized carbons (Fsp3) is 0.750. The Morgan fingerprint density at radius 1 is 0.636 bits per heavy atom. The van der Waals surface area contributed by atoms with Gasteiger partial charge in [-0.05, 0) is 0 Å². The number of hydrogen-bond acceptors (Lipinski definition) is 4. The van der Waals surface area contributed by atoms with E-state index >= 15 is 0 Å². The molecule has 14 heteroatoms. The molecule has 0 heterocycles. The van der Waals surface area contributed by atoms with Crippen molar-refractivity contribution in [3.8, 4) is 0 Å². The predicted molar refractivity (Wildman–Crippen MR) is 43.9 cm³/mol. The fourth-order valence-corrected chi connectivity index (χ4v) is 0.647. The van der Waals surface area contributed by atoms with E-state index in [4.69, 9.17) is 0 Å². The molecule has 0 unspecified atom stereocenters. The van der Waals surface area contributed by atoms with Gasteiger partial charge in [0.1, 0.15) is 0 Å². The van der Waals surface area contributed by atoms with Gasteiger partial charge in [-0.3, -0.25) is 0 Å². The Morgan fingerprint density at radius 3 is 1.05 bits per heavy atom. The summed E-state index contributed by atoms with van der Waals surface area (Å²) >= 11 is 0. The molecule has 0 amide bonds. The number of alkyl halides is 10. The summed E-state index contributed by atoms with van der Waals surface area (Å²) in [4.78, 5) is 26.0. The van der Waals surface area contributed by atoms with Gasteiger partial charge in [-0.15, -0.1) is 0 Å². The zero-order chi connectivity index (χ0) is 18.0. The molecule has 0 radical (unpaired) electrons. The van der Waals surface area contributed by atoms with E-state index in [1.165, 1.54) is 0 Å². The summed E-state index contributed by atoms with van der Waals surface area (Å²) in [7, 11) is 0. The number of carbonyl (C=O) groups is 2. The Balaban J connectivity index is 4.97. The number of carbonyl (C=O) groups excluding carboxylic acids is 2. The van der Waals surface area contributed by atoms with Crippen molar-refractivity contribution < 1.29 is 63.3 Å². The molecule has 0 N–H and O–H groups in total. The normalized spacial score (nSPS) is 13.7. The molecule has 0 aliphatic carbocycles. The maximum absolute atomic E-state index is 12.6. The summed E-state index contributed by atoms with van der Waals surface area (Å²) in [6, 6.07) is 0. The lowest BCUT2D eigenvalue weighted by Gasteiger charge is -2.23. The van der Waals surface area contributed by atoms with Crippen LogP contribution in [0.2, 0.25) is 0 Å². The second-order valence-corrected chi connectivity index (χ2v) is 3.57. The van der Waals surface area contributed by atoms with E-state index in [9.17, 15) is 53.5 Å². The molecule has 0 spiro atoms. The zero-order valence-corrected chi connectivity index (χ0v) is 9.83. The van der Waals surface area contributed by atoms with Crippen molar-refractivity contribution in [2.45, 2.75) is 23.7 Å². The summed E-state index contributed by atoms with van der Waals surface area (Å²) in [6.07, 6.45) is 0. The van der Waals surface area contributed by atoms with Crippen LogP contribution in [0.25, 0.3) is 0 Å². The maximum atomic E-state index is 12.6. The van der Waals surface area contributed by atoms with Crippen LogP contribution in [0.15, 0.2) is 0 Å². The van der Waals surface area contributed by atoms with Crippen LogP contribution in [0, 0.1) is 0 Å². The molecule has 0 aromatic carbocycles. The second kappa shape index (κ2) is 6.16. The molecule has 0 saturated carbocycles. The minimum Gasteiger partial charge on any atom is -0.244 e. The molecule has 0 aliphatic rings. The highest BCUT2D eigenvalue weighted by molar-refractivity contribution is 5.82. The summed E-state index contributed by atoms with van der Waals surface area (Å²) in [6.45, 7) is -6.17. The van der Waals surface area contributed by atoms with Crippen LogP contribution in [0.4, 0.5) is 43.9 Å². The van der Waals surface area contributed by atoms with Crippen LogP contribution in [-0.2, 0) is 19.4 Å². The molecule has 130 valence electrons. The molecule has 22 heavy (non-hydrogen) atoms. The van der Waals surface area contributed by atoms with Crippen molar-refractivity contribution in [3.63, 3.8) is 0 Å². The highest BCUT2D eigenvalue weighted by atomic mass is 19.3. The Labute approximate surface area is 113 Å². The first kappa shape index (κ1) is 20.2. The molecular weight excluding hydrogens is 350 g/mol. The smallest absolute Gasteiger partial charge is 0.244 e. The van der Waals surface area contributed by atoms with Crippen LogP contribution in [0.3, 0.4) is 0 Å². The van der Waals surface area contributed by atoms with Crippen molar-refractivity contribution in [3.05, 3.63) is 0 Å². The molecule has 0 aliphatic heterocycles. The molecule has 0 atom stereocenters. The van der Waals surface area contributed by atoms with Gasteiger partial charge < -0.3 is 0 Å². The molecular formula is C8H4F10O4. The summed E-state index contributed by atoms with van der Waals surface area (Å²) in [5, 5.41) is 0. The number of hydrogen-bond donors (Lipinski definition) is 0. The monoisotopic (exact) mass is 354 g/mol. The highest BCUT2D eigenvalue weighted by Crippen LogP contribution is 2.37. The molecule has 0 saturated heterocycles. The highest BCUT2D eigenvalue weighted by Gasteiger charge is 2.67. The van der Waals surface area contributed by atoms with Crippen LogP contribution >= 0.6 is 0 Å². The first-order valence-electron chi connectivity index (χ1n) is 4.74. The van der Waals surface area contributed by atoms with Gasteiger partial charge in [-0.2, -0.15) is 35.1 Å². The third kappa shape index (κ3) is 3.52. The van der Waals surface area contributed by atoms with E-state index in [-0.39, 0.29) is 0 Å². The molecule has 0 aromatic heterocycles. The standard InChI is InChI=1S/C8H4F10O4/c9-1-5(11,12)7(15,16)3(19)21-22-4(20)8(17,18)6(13,14)2-10/h1-2H2. The molecule has 0 fully saturated rings. The van der Waals surface area contributed by atoms with Gasteiger partial charge in [-0.25, -0.2) is 28.1 Å². The average molecular weight is 354 g/mol. The van der Waals surface area contributed by atoms with Crippen LogP contribution in [-0.4, -0.2) is 49.0 Å². The maximum Gasteiger partial charge on any atom is 0.431 e. The first-order valence-corrected chi connectivity index (χ1v) is 4.74. The lowest BCUT2D eigenvalue weighted by atomic mass is 10.2. The van der Waals surface area contributed by atoms with Gasteiger partial charge in [-0.1, -0.05) is 0 Å². The summed E-state index contributed by atoms with van der Waals surface area (Å²) in [5.74, 6) is -30.2. The van der Waals surface area contributed by atoms with Gasteiger partial charge in [0.05, 0.1) is 0 Å². The fourth-order valence-electron chi connectivity index (χ4n) is 0.647. The van der Waals surface area contributed by atoms with E-state index in [0.29, 0.717) is 0 Å². The van der Waals surface area contributed by atoms with Crippen molar-refractivity contribution >= 4 is 11.9 Å². The van der Waals surface area contributed by atoms with Gasteiger partial charge in [0, 0.05) is 0 Å². The third-order valence-corrected chi connectivity index (χ3v) is 1.96. The lowest BCUT2D eigenvalue weighted by molar-refractivity contribution is -0.314. The quantitative estimate of drug-likeness (QED) is 0.418. The predicted octanol–water partition coefficient (Wildman–Crippen LogP) is 2.47. The summed E-state index contributed by atoms with van der Waals surface area (Å²) in [5.41, 5.74) is 0. The minimum absolute atomic E-state index is 2.56. The van der Waals surface area contributed by atoms with Crippen molar-refractivity contribution in [1.82, 2.24) is 0 Å². The Kier molecular flexibility index (Phi) is 5.67. The van der Waals surface area contributed by atoms with Crippen molar-refractivity contribution in [1.29, 1.82) is 0 Å². The van der Waals surface area contributed by atoms with E-state index in [2.05, 4.69) is 9.78 Å². The van der Waals surface area contributed by atoms with Crippen LogP contribution in [0.1, 0.15) is 0 Å². The zero-order valence-electron chi connectivity index (χ0n) is 9.83. The molecule has 0 bridgehead atoms. The molecule has 4 nitrogen and oxygen atoms in total. The minimum atomic E-state index is -5.96. The van der Waals surface area contributed by atoms with Gasteiger partial charge in [0.25, 0.3) is 0 Å². The largest absolute Gasteiger partial charge is 0.431 e. The van der Waals surface area contributed by atoms with Gasteiger partial charge in [0.2, 0.25) is 0 Å².